The average Bonchev–Trinajstić information content (AvgIpc) is 2.20. The lowest BCUT2D eigenvalue weighted by Crippen LogP contribution is -2.01. The van der Waals surface area contributed by atoms with E-state index in [2.05, 4.69) is 15.9 Å². The molecular weight excluding hydrogens is 267 g/mol. The Morgan fingerprint density at radius 1 is 1.57 bits per heavy atom. The van der Waals surface area contributed by atoms with Crippen molar-refractivity contribution in [3.05, 3.63) is 28.3 Å². The fourth-order valence-corrected chi connectivity index (χ4v) is 1.64. The molecule has 0 heterocycles. The predicted molar refractivity (Wildman–Crippen MR) is 60.9 cm³/mol. The maximum atomic E-state index is 11.4. The molecule has 2 nitrogen and oxygen atoms in total. The summed E-state index contributed by atoms with van der Waals surface area (Å²) in [5, 5.41) is 0.837. The minimum Gasteiger partial charge on any atom is -0.496 e. The first-order chi connectivity index (χ1) is 6.60. The third-order valence-electron chi connectivity index (χ3n) is 1.96. The number of carbonyl (C=O) groups is 1. The number of hydrogen-bond donors (Lipinski definition) is 0. The lowest BCUT2D eigenvalue weighted by atomic mass is 10.1. The molecule has 1 rings (SSSR count). The summed E-state index contributed by atoms with van der Waals surface area (Å²) in [4.78, 5) is 11.4. The van der Waals surface area contributed by atoms with Crippen LogP contribution in [0.3, 0.4) is 0 Å². The van der Waals surface area contributed by atoms with Crippen LogP contribution in [0.25, 0.3) is 0 Å². The number of alkyl halides is 1. The van der Waals surface area contributed by atoms with Crippen molar-refractivity contribution in [1.29, 1.82) is 0 Å². The molecule has 4 heteroatoms. The van der Waals surface area contributed by atoms with Crippen molar-refractivity contribution in [1.82, 2.24) is 0 Å². The van der Waals surface area contributed by atoms with Crippen LogP contribution in [0.4, 0.5) is 0 Å². The van der Waals surface area contributed by atoms with E-state index < -0.39 is 0 Å². The molecule has 76 valence electrons. The quantitative estimate of drug-likeness (QED) is 0.626. The summed E-state index contributed by atoms with van der Waals surface area (Å²) in [5.41, 5.74) is 1.41. The van der Waals surface area contributed by atoms with Crippen molar-refractivity contribution in [3.8, 4) is 5.75 Å². The highest BCUT2D eigenvalue weighted by Crippen LogP contribution is 2.27. The molecule has 0 aliphatic carbocycles. The van der Waals surface area contributed by atoms with Crippen molar-refractivity contribution < 1.29 is 9.53 Å². The van der Waals surface area contributed by atoms with E-state index in [0.29, 0.717) is 16.3 Å². The van der Waals surface area contributed by atoms with Crippen molar-refractivity contribution >= 4 is 33.3 Å². The molecule has 0 aromatic heterocycles. The lowest BCUT2D eigenvalue weighted by molar-refractivity contribution is 0.102. The molecular formula is C10H10BrClO2. The number of carbonyl (C=O) groups excluding carboxylic acids is 1. The van der Waals surface area contributed by atoms with Gasteiger partial charge in [-0.3, -0.25) is 4.79 Å². The zero-order valence-electron chi connectivity index (χ0n) is 7.93. The second-order valence-corrected chi connectivity index (χ2v) is 3.81. The van der Waals surface area contributed by atoms with Crippen molar-refractivity contribution in [2.75, 3.05) is 12.4 Å². The summed E-state index contributed by atoms with van der Waals surface area (Å²) in [7, 11) is 1.56. The van der Waals surface area contributed by atoms with Gasteiger partial charge in [0.05, 0.1) is 12.4 Å². The molecule has 14 heavy (non-hydrogen) atoms. The molecule has 0 aliphatic rings. The first kappa shape index (κ1) is 11.5. The molecule has 0 fully saturated rings. The number of rotatable bonds is 3. The number of methoxy groups -OCH3 is 1. The van der Waals surface area contributed by atoms with Gasteiger partial charge in [0.25, 0.3) is 0 Å². The van der Waals surface area contributed by atoms with E-state index in [0.717, 1.165) is 5.56 Å². The second kappa shape index (κ2) is 4.80. The first-order valence-corrected chi connectivity index (χ1v) is 5.53. The van der Waals surface area contributed by atoms with Gasteiger partial charge in [0.1, 0.15) is 5.75 Å². The molecule has 0 atom stereocenters. The molecule has 1 aromatic carbocycles. The van der Waals surface area contributed by atoms with Crippen LogP contribution in [-0.4, -0.2) is 18.2 Å². The van der Waals surface area contributed by atoms with Gasteiger partial charge in [0.15, 0.2) is 5.78 Å². The molecule has 0 saturated carbocycles. The van der Waals surface area contributed by atoms with Crippen LogP contribution in [0, 0.1) is 6.92 Å². The van der Waals surface area contributed by atoms with E-state index in [-0.39, 0.29) is 11.1 Å². The summed E-state index contributed by atoms with van der Waals surface area (Å²) in [6.07, 6.45) is 0. The monoisotopic (exact) mass is 276 g/mol. The Hall–Kier alpha value is -0.540. The van der Waals surface area contributed by atoms with E-state index in [1.165, 1.54) is 0 Å². The zero-order valence-corrected chi connectivity index (χ0v) is 10.3. The van der Waals surface area contributed by atoms with Gasteiger partial charge in [-0.2, -0.15) is 0 Å². The minimum absolute atomic E-state index is 0.00907. The summed E-state index contributed by atoms with van der Waals surface area (Å²) >= 11 is 9.06. The van der Waals surface area contributed by atoms with E-state index in [9.17, 15) is 4.79 Å². The fourth-order valence-electron chi connectivity index (χ4n) is 1.10. The lowest BCUT2D eigenvalue weighted by Gasteiger charge is -2.08. The maximum absolute atomic E-state index is 11.4. The van der Waals surface area contributed by atoms with Crippen molar-refractivity contribution in [2.45, 2.75) is 6.92 Å². The zero-order chi connectivity index (χ0) is 10.7. The number of ketones is 1. The van der Waals surface area contributed by atoms with E-state index in [1.54, 1.807) is 19.2 Å². The normalized spacial score (nSPS) is 10.0. The molecule has 0 radical (unpaired) electrons. The SMILES string of the molecule is COc1cc(C(=O)CBr)cc(Cl)c1C. The number of hydrogen-bond acceptors (Lipinski definition) is 2. The Morgan fingerprint density at radius 3 is 2.71 bits per heavy atom. The summed E-state index contributed by atoms with van der Waals surface area (Å²) in [5.74, 6) is 0.631. The number of benzene rings is 1. The summed E-state index contributed by atoms with van der Waals surface area (Å²) in [6.45, 7) is 1.85. The van der Waals surface area contributed by atoms with Crippen LogP contribution in [0.5, 0.6) is 5.75 Å². The topological polar surface area (TPSA) is 26.3 Å². The van der Waals surface area contributed by atoms with Gasteiger partial charge in [-0.25, -0.2) is 0 Å². The highest BCUT2D eigenvalue weighted by Gasteiger charge is 2.10. The molecule has 0 spiro atoms. The van der Waals surface area contributed by atoms with Gasteiger partial charge >= 0.3 is 0 Å². The van der Waals surface area contributed by atoms with Gasteiger partial charge in [0.2, 0.25) is 0 Å². The van der Waals surface area contributed by atoms with Gasteiger partial charge in [-0.15, -0.1) is 0 Å². The Balaban J connectivity index is 3.22. The molecule has 0 N–H and O–H groups in total. The van der Waals surface area contributed by atoms with Crippen LogP contribution < -0.4 is 4.74 Å². The Bertz CT molecular complexity index is 363. The Labute approximate surface area is 96.3 Å². The number of Topliss-reactive ketones (excluding diaryl/α,β-unsaturated/α-hetero) is 1. The molecule has 0 saturated heterocycles. The van der Waals surface area contributed by atoms with E-state index >= 15 is 0 Å². The summed E-state index contributed by atoms with van der Waals surface area (Å²) in [6, 6.07) is 3.35. The molecule has 1 aromatic rings. The fraction of sp³-hybridized carbons (Fsp3) is 0.300. The molecule has 0 amide bonds. The minimum atomic E-state index is -0.00907. The molecule has 0 unspecified atom stereocenters. The second-order valence-electron chi connectivity index (χ2n) is 2.84. The Morgan fingerprint density at radius 2 is 2.21 bits per heavy atom. The maximum Gasteiger partial charge on any atom is 0.173 e. The Kier molecular flexibility index (Phi) is 3.96. The van der Waals surface area contributed by atoms with Crippen molar-refractivity contribution in [3.63, 3.8) is 0 Å². The third kappa shape index (κ3) is 2.28. The largest absolute Gasteiger partial charge is 0.496 e. The van der Waals surface area contributed by atoms with Gasteiger partial charge in [0, 0.05) is 16.1 Å². The van der Waals surface area contributed by atoms with Crippen LogP contribution in [0.1, 0.15) is 15.9 Å². The summed E-state index contributed by atoms with van der Waals surface area (Å²) < 4.78 is 5.11. The van der Waals surface area contributed by atoms with Crippen LogP contribution >= 0.6 is 27.5 Å². The van der Waals surface area contributed by atoms with Gasteiger partial charge in [-0.1, -0.05) is 27.5 Å². The van der Waals surface area contributed by atoms with Gasteiger partial charge < -0.3 is 4.74 Å². The highest BCUT2D eigenvalue weighted by atomic mass is 79.9. The van der Waals surface area contributed by atoms with E-state index in [1.807, 2.05) is 6.92 Å². The highest BCUT2D eigenvalue weighted by molar-refractivity contribution is 9.09. The number of ether oxygens (including phenoxy) is 1. The third-order valence-corrected chi connectivity index (χ3v) is 2.86. The number of halogens is 2. The van der Waals surface area contributed by atoms with Crippen LogP contribution in [0.2, 0.25) is 5.02 Å². The van der Waals surface area contributed by atoms with Crippen LogP contribution in [0.15, 0.2) is 12.1 Å². The standard InChI is InChI=1S/C10H10BrClO2/c1-6-8(12)3-7(9(13)5-11)4-10(6)14-2/h3-4H,5H2,1-2H3. The van der Waals surface area contributed by atoms with Crippen LogP contribution in [-0.2, 0) is 0 Å². The van der Waals surface area contributed by atoms with E-state index in [4.69, 9.17) is 16.3 Å². The smallest absolute Gasteiger partial charge is 0.173 e. The molecule has 0 aliphatic heterocycles. The van der Waals surface area contributed by atoms with Gasteiger partial charge in [-0.05, 0) is 19.1 Å². The van der Waals surface area contributed by atoms with Crippen molar-refractivity contribution in [2.24, 2.45) is 0 Å². The average molecular weight is 278 g/mol. The molecule has 0 bridgehead atoms. The first-order valence-electron chi connectivity index (χ1n) is 4.03. The predicted octanol–water partition coefficient (Wildman–Crippen LogP) is 3.23.